The number of benzene rings is 9. The highest BCUT2D eigenvalue weighted by atomic mass is 32.1. The lowest BCUT2D eigenvalue weighted by Gasteiger charge is -2.40. The standard InChI is InChI=1S/C29H25N3O2.C26H24N6OS.C17H21N5O.C17H19N3OS.C16H15N5OS/c30-28-31-29(25-13-3-1-4-14-25,26-15-5-2-6-16-26)27(34)32(28)19-21-9-7-11-23(17-21)24-12-8-10-22(18-24)20-33;1-4-32-14-19-11-18(8-9-21(19)30-32)23-24(33)31(3)25(28)29-26(23,2)22-12-20(15-34-22)17-7-5-6-16(10-17)13-27;1-4-5-8-22-14-9-13(7-6-12(14)11-19-22)17(2)10-15(23)21(3)16(18)20-17;1-17(13-4-5-14-12(8-13)6-7-22-14)9-15(21)20(16(18)19-17)10-11-2-3-11;1-16(7-13(22)21(2)15(18)20-16)14-19-12(9-23-14)11-5-3-4-10(6-11)8-17/h1-18,33H,19-20H2,(H2,30,31);5-12,14-15,23H,4H2,1-3H3,(H2,28,29);4-7,9,11H,8,10H2,1-3H3,(H2,18,20);4-8,11H,2-3,9-10H2,1H3,(H2,18,19);3-6,9H,7H2,1-2H3,(H2,18,20)/b;;5-4+;;/t;23-,26-;2*17-;16-/m.1000/s1. The van der Waals surface area contributed by atoms with E-state index in [1.807, 2.05) is 250 Å². The number of aryl methyl sites for hydroxylation is 1. The van der Waals surface area contributed by atoms with E-state index in [1.165, 1.54) is 49.0 Å². The summed E-state index contributed by atoms with van der Waals surface area (Å²) in [5.74, 6) is 1.01. The van der Waals surface area contributed by atoms with Gasteiger partial charge in [0.1, 0.15) is 16.1 Å². The van der Waals surface area contributed by atoms with E-state index in [4.69, 9.17) is 48.9 Å². The fraction of sp³-hybridized carbons (Fsp3) is 0.248. The molecular formula is C105H104N22O6S3. The molecule has 1 saturated carbocycles. The molecule has 5 amide bonds. The Morgan fingerprint density at radius 1 is 0.522 bits per heavy atom. The molecule has 0 spiro atoms. The normalized spacial score (nSPS) is 20.2. The van der Waals surface area contributed by atoms with E-state index in [2.05, 4.69) is 85.2 Å². The lowest BCUT2D eigenvalue weighted by molar-refractivity contribution is -0.131. The van der Waals surface area contributed by atoms with Crippen molar-refractivity contribution in [2.45, 2.75) is 134 Å². The summed E-state index contributed by atoms with van der Waals surface area (Å²) in [4.78, 5) is 101. The first-order valence-corrected chi connectivity index (χ1v) is 47.2. The molecule has 20 rings (SSSR count). The fourth-order valence-electron chi connectivity index (χ4n) is 17.4. The van der Waals surface area contributed by atoms with Crippen LogP contribution >= 0.6 is 34.0 Å². The number of likely N-dealkylation sites (N-methyl/N-ethyl adjacent to an activating group) is 1. The SMILES string of the molecule is C/C=C/Cn1ncc2ccc([C@]3(C)CC(=O)N(C)C(N)=N3)cc21.CCn1cc2cc([C@@H]3C(=O)N(C)C(N)=N[C@]3(C)c3cc(-c4cccc(C#N)c4)cs3)ccc2n1.CN1C(=O)C[C@@](C)(c2nc(-c3cccc(C#N)c3)cs2)N=C1N.C[C@@]1(c2ccc3sccc3c2)CC(=O)N(CC2CC2)C(N)=N1.NC1=NC(c2ccccc2)(c2ccccc2)C(=O)N1Cc1cccc(-c2cccc(CO)c2)c1. The maximum absolute atomic E-state index is 14.0. The molecule has 0 radical (unpaired) electrons. The number of carbonyl (C=O) groups excluding carboxylic acids is 5. The average molecular weight is 1870 g/mol. The predicted octanol–water partition coefficient (Wildman–Crippen LogP) is 16.0. The number of fused-ring (bicyclic) bond motifs is 3. The van der Waals surface area contributed by atoms with Gasteiger partial charge in [0.05, 0.1) is 102 Å². The van der Waals surface area contributed by atoms with E-state index in [0.29, 0.717) is 48.9 Å². The number of nitriles is 2. The molecule has 11 N–H and O–H groups in total. The second kappa shape index (κ2) is 39.0. The minimum Gasteiger partial charge on any atom is -0.392 e. The Bertz CT molecular complexity index is 7190. The first kappa shape index (κ1) is 93.8. The molecule has 5 aliphatic heterocycles. The summed E-state index contributed by atoms with van der Waals surface area (Å²) in [7, 11) is 4.92. The van der Waals surface area contributed by atoms with Gasteiger partial charge in [-0.3, -0.25) is 57.8 Å². The minimum atomic E-state index is -1.21. The quantitative estimate of drug-likeness (QED) is 0.0435. The number of thiophene rings is 2. The lowest BCUT2D eigenvalue weighted by atomic mass is 9.77. The van der Waals surface area contributed by atoms with Gasteiger partial charge in [-0.1, -0.05) is 158 Å². The molecule has 14 aromatic rings. The van der Waals surface area contributed by atoms with Crippen LogP contribution in [-0.4, -0.2) is 141 Å². The molecule has 5 atom stereocenters. The fourth-order valence-corrected chi connectivity index (χ4v) is 20.2. The second-order valence-corrected chi connectivity index (χ2v) is 37.9. The Balaban J connectivity index is 0.000000125. The van der Waals surface area contributed by atoms with Gasteiger partial charge in [0.25, 0.3) is 5.91 Å². The van der Waals surface area contributed by atoms with Crippen molar-refractivity contribution in [3.05, 3.63) is 325 Å². The van der Waals surface area contributed by atoms with Gasteiger partial charge in [0.2, 0.25) is 23.6 Å². The number of amides is 5. The third-order valence-corrected chi connectivity index (χ3v) is 28.7. The second-order valence-electron chi connectivity index (χ2n) is 35.2. The molecular weight excluding hydrogens is 1760 g/mol. The monoisotopic (exact) mass is 1860 g/mol. The summed E-state index contributed by atoms with van der Waals surface area (Å²) in [6.45, 7) is 14.3. The topological polar surface area (TPSA) is 410 Å². The molecule has 10 heterocycles. The number of nitrogens with zero attached hydrogens (tertiary/aromatic N) is 17. The van der Waals surface area contributed by atoms with Gasteiger partial charge >= 0.3 is 0 Å². The van der Waals surface area contributed by atoms with Crippen LogP contribution in [0.1, 0.15) is 140 Å². The van der Waals surface area contributed by atoms with Gasteiger partial charge in [-0.05, 0) is 217 Å². The Morgan fingerprint density at radius 2 is 1.10 bits per heavy atom. The molecule has 5 aromatic heterocycles. The van der Waals surface area contributed by atoms with Crippen molar-refractivity contribution >= 4 is 125 Å². The number of carbonyl (C=O) groups is 5. The zero-order valence-corrected chi connectivity index (χ0v) is 79.3. The van der Waals surface area contributed by atoms with Crippen LogP contribution in [0.2, 0.25) is 0 Å². The zero-order valence-electron chi connectivity index (χ0n) is 76.8. The van der Waals surface area contributed by atoms with Gasteiger partial charge in [-0.25, -0.2) is 29.9 Å². The average Bonchev–Trinajstić information content (AvgIpc) is 1.56. The third-order valence-electron chi connectivity index (χ3n) is 25.5. The highest BCUT2D eigenvalue weighted by Gasteiger charge is 2.52. The summed E-state index contributed by atoms with van der Waals surface area (Å²) < 4.78 is 5.08. The zero-order chi connectivity index (χ0) is 96.1. The summed E-state index contributed by atoms with van der Waals surface area (Å²) in [6.07, 6.45) is 11.2. The number of hydrogen-bond donors (Lipinski definition) is 6. The summed E-state index contributed by atoms with van der Waals surface area (Å²) >= 11 is 4.71. The number of aliphatic hydroxyl groups excluding tert-OH is 1. The first-order valence-electron chi connectivity index (χ1n) is 44.6. The maximum Gasteiger partial charge on any atom is 0.266 e. The molecule has 1 fully saturated rings. The van der Waals surface area contributed by atoms with Crippen molar-refractivity contribution in [3.8, 4) is 45.6 Å². The van der Waals surface area contributed by atoms with Crippen LogP contribution in [-0.2, 0) is 77.9 Å². The van der Waals surface area contributed by atoms with Crippen LogP contribution in [0.5, 0.6) is 0 Å². The predicted molar refractivity (Wildman–Crippen MR) is 537 cm³/mol. The molecule has 0 bridgehead atoms. The van der Waals surface area contributed by atoms with Crippen LogP contribution in [0, 0.1) is 28.6 Å². The van der Waals surface area contributed by atoms with Crippen LogP contribution < -0.4 is 28.7 Å². The van der Waals surface area contributed by atoms with Crippen molar-refractivity contribution in [1.82, 2.24) is 49.0 Å². The van der Waals surface area contributed by atoms with Crippen LogP contribution in [0.3, 0.4) is 0 Å². The molecule has 688 valence electrons. The van der Waals surface area contributed by atoms with Crippen LogP contribution in [0.15, 0.2) is 290 Å². The molecule has 0 saturated heterocycles. The molecule has 0 unspecified atom stereocenters. The summed E-state index contributed by atoms with van der Waals surface area (Å²) in [6, 6.07) is 76.5. The van der Waals surface area contributed by atoms with E-state index >= 15 is 0 Å². The van der Waals surface area contributed by atoms with Crippen molar-refractivity contribution < 1.29 is 29.1 Å². The first-order chi connectivity index (χ1) is 65.4. The Kier molecular flexibility index (Phi) is 26.9. The molecule has 31 heteroatoms. The van der Waals surface area contributed by atoms with E-state index in [1.54, 1.807) is 71.8 Å². The largest absolute Gasteiger partial charge is 0.392 e. The number of rotatable bonds is 18. The summed E-state index contributed by atoms with van der Waals surface area (Å²) in [5, 5.41) is 46.7. The van der Waals surface area contributed by atoms with Gasteiger partial charge in [0.15, 0.2) is 35.3 Å². The molecule has 28 nitrogen and oxygen atoms in total. The number of aliphatic imine (C=N–C) groups is 5. The van der Waals surface area contributed by atoms with E-state index in [9.17, 15) is 34.3 Å². The number of hydrogen-bond acceptors (Lipinski definition) is 24. The van der Waals surface area contributed by atoms with E-state index in [-0.39, 0.29) is 66.4 Å². The lowest BCUT2D eigenvalue weighted by Crippen LogP contribution is -2.52. The number of allylic oxidation sites excluding steroid dienone is 2. The highest BCUT2D eigenvalue weighted by molar-refractivity contribution is 7.17. The number of aliphatic hydroxyl groups is 1. The molecule has 136 heavy (non-hydrogen) atoms. The van der Waals surface area contributed by atoms with Crippen molar-refractivity contribution in [2.75, 3.05) is 27.7 Å². The van der Waals surface area contributed by atoms with Gasteiger partial charge in [-0.15, -0.1) is 34.0 Å². The van der Waals surface area contributed by atoms with Gasteiger partial charge in [-0.2, -0.15) is 20.7 Å². The number of guanidine groups is 5. The van der Waals surface area contributed by atoms with Crippen molar-refractivity contribution in [1.29, 1.82) is 10.5 Å². The molecule has 1 aliphatic carbocycles. The van der Waals surface area contributed by atoms with Gasteiger partial charge < -0.3 is 33.8 Å². The number of nitrogens with two attached hydrogens (primary N) is 5. The van der Waals surface area contributed by atoms with Crippen molar-refractivity contribution in [2.24, 2.45) is 59.5 Å². The summed E-state index contributed by atoms with van der Waals surface area (Å²) in [5.41, 5.74) is 41.3. The smallest absolute Gasteiger partial charge is 0.266 e. The number of aromatic nitrogens is 5. The molecule has 9 aromatic carbocycles. The Labute approximate surface area is 800 Å². The minimum absolute atomic E-state index is 0.0101. The maximum atomic E-state index is 14.0. The Morgan fingerprint density at radius 3 is 1.74 bits per heavy atom. The number of thiazole rings is 1. The third kappa shape index (κ3) is 19.3. The van der Waals surface area contributed by atoms with E-state index < -0.39 is 33.6 Å². The highest BCUT2D eigenvalue weighted by Crippen LogP contribution is 2.49. The van der Waals surface area contributed by atoms with Gasteiger partial charge in [0, 0.05) is 71.7 Å². The van der Waals surface area contributed by atoms with Crippen LogP contribution in [0.25, 0.3) is 65.4 Å². The molecule has 6 aliphatic rings. The Hall–Kier alpha value is -15.4. The van der Waals surface area contributed by atoms with Crippen LogP contribution in [0.4, 0.5) is 0 Å². The van der Waals surface area contributed by atoms with Crippen molar-refractivity contribution in [3.63, 3.8) is 0 Å². The van der Waals surface area contributed by atoms with E-state index in [0.717, 1.165) is 117 Å².